The topological polar surface area (TPSA) is 32.3 Å². The second-order valence-electron chi connectivity index (χ2n) is 3.85. The van der Waals surface area contributed by atoms with E-state index in [1.807, 2.05) is 0 Å². The van der Waals surface area contributed by atoms with Crippen molar-refractivity contribution >= 4 is 0 Å². The van der Waals surface area contributed by atoms with Crippen LogP contribution in [0.4, 0.5) is 13.2 Å². The summed E-state index contributed by atoms with van der Waals surface area (Å²) in [5.41, 5.74) is -1.38. The monoisotopic (exact) mass is 217 g/mol. The summed E-state index contributed by atoms with van der Waals surface area (Å²) in [5, 5.41) is 12.5. The molecule has 0 atom stereocenters. The zero-order valence-corrected chi connectivity index (χ0v) is 7.86. The van der Waals surface area contributed by atoms with Gasteiger partial charge in [-0.05, 0) is 0 Å². The summed E-state index contributed by atoms with van der Waals surface area (Å²) in [6.07, 6.45) is -0.141. The summed E-state index contributed by atoms with van der Waals surface area (Å²) in [4.78, 5) is 0. The third-order valence-corrected chi connectivity index (χ3v) is 2.52. The van der Waals surface area contributed by atoms with Crippen LogP contribution in [0.2, 0.25) is 0 Å². The number of halogens is 3. The fraction of sp³-hybridized carbons (Fsp3) is 0.400. The third-order valence-electron chi connectivity index (χ3n) is 2.52. The molecular weight excluding hydrogens is 207 g/mol. The fourth-order valence-corrected chi connectivity index (χ4v) is 1.61. The highest BCUT2D eigenvalue weighted by atomic mass is 19.1. The van der Waals surface area contributed by atoms with Gasteiger partial charge in [-0.1, -0.05) is 0 Å². The highest BCUT2D eigenvalue weighted by molar-refractivity contribution is 5.23. The summed E-state index contributed by atoms with van der Waals surface area (Å²) in [7, 11) is 0. The lowest BCUT2D eigenvalue weighted by Gasteiger charge is -2.37. The number of rotatable bonds is 2. The molecule has 0 radical (unpaired) electrons. The quantitative estimate of drug-likeness (QED) is 0.774. The van der Waals surface area contributed by atoms with Crippen LogP contribution in [0.25, 0.3) is 0 Å². The average Bonchev–Trinajstić information content (AvgIpc) is 2.08. The summed E-state index contributed by atoms with van der Waals surface area (Å²) in [6, 6.07) is 1.24. The second kappa shape index (κ2) is 3.50. The Morgan fingerprint density at radius 2 is 1.73 bits per heavy atom. The lowest BCUT2D eigenvalue weighted by Crippen LogP contribution is -2.60. The first-order valence-corrected chi connectivity index (χ1v) is 4.57. The predicted molar refractivity (Wildman–Crippen MR) is 47.8 cm³/mol. The van der Waals surface area contributed by atoms with Gasteiger partial charge in [-0.25, -0.2) is 13.2 Å². The van der Waals surface area contributed by atoms with Crippen molar-refractivity contribution in [2.45, 2.75) is 12.0 Å². The van der Waals surface area contributed by atoms with Gasteiger partial charge in [0.2, 0.25) is 0 Å². The van der Waals surface area contributed by atoms with Crippen molar-refractivity contribution < 1.29 is 18.3 Å². The Hall–Kier alpha value is -1.07. The molecule has 0 aliphatic carbocycles. The van der Waals surface area contributed by atoms with Gasteiger partial charge in [0, 0.05) is 37.2 Å². The molecule has 0 bridgehead atoms. The lowest BCUT2D eigenvalue weighted by atomic mass is 9.89. The van der Waals surface area contributed by atoms with E-state index < -0.39 is 23.1 Å². The van der Waals surface area contributed by atoms with E-state index >= 15 is 0 Å². The van der Waals surface area contributed by atoms with Gasteiger partial charge >= 0.3 is 0 Å². The number of benzene rings is 1. The molecule has 0 aromatic heterocycles. The van der Waals surface area contributed by atoms with Crippen LogP contribution in [0.3, 0.4) is 0 Å². The van der Waals surface area contributed by atoms with E-state index in [9.17, 15) is 18.3 Å². The van der Waals surface area contributed by atoms with Gasteiger partial charge in [0.25, 0.3) is 0 Å². The molecule has 1 aliphatic heterocycles. The van der Waals surface area contributed by atoms with Crippen LogP contribution in [0.1, 0.15) is 5.56 Å². The van der Waals surface area contributed by atoms with E-state index in [1.54, 1.807) is 0 Å². The van der Waals surface area contributed by atoms with Crippen molar-refractivity contribution in [3.05, 3.63) is 35.1 Å². The van der Waals surface area contributed by atoms with E-state index in [0.29, 0.717) is 25.2 Å². The largest absolute Gasteiger partial charge is 0.387 e. The van der Waals surface area contributed by atoms with Crippen molar-refractivity contribution in [2.75, 3.05) is 13.1 Å². The van der Waals surface area contributed by atoms with E-state index in [2.05, 4.69) is 5.32 Å². The highest BCUT2D eigenvalue weighted by Crippen LogP contribution is 2.23. The SMILES string of the molecule is OC1(Cc2c(F)cc(F)cc2F)CNC1. The molecule has 5 heteroatoms. The molecule has 1 fully saturated rings. The van der Waals surface area contributed by atoms with Crippen molar-refractivity contribution in [2.24, 2.45) is 0 Å². The molecule has 1 aromatic rings. The van der Waals surface area contributed by atoms with Crippen molar-refractivity contribution in [3.8, 4) is 0 Å². The van der Waals surface area contributed by atoms with Crippen LogP contribution >= 0.6 is 0 Å². The highest BCUT2D eigenvalue weighted by Gasteiger charge is 2.36. The Kier molecular flexibility index (Phi) is 2.44. The van der Waals surface area contributed by atoms with Crippen LogP contribution in [0, 0.1) is 17.5 Å². The zero-order chi connectivity index (χ0) is 11.1. The van der Waals surface area contributed by atoms with Crippen LogP contribution in [-0.4, -0.2) is 23.8 Å². The van der Waals surface area contributed by atoms with E-state index in [-0.39, 0.29) is 12.0 Å². The molecule has 2 rings (SSSR count). The van der Waals surface area contributed by atoms with E-state index in [0.717, 1.165) is 0 Å². The molecule has 0 saturated carbocycles. The number of aliphatic hydroxyl groups is 1. The maximum Gasteiger partial charge on any atom is 0.132 e. The summed E-state index contributed by atoms with van der Waals surface area (Å²) in [6.45, 7) is 0.590. The van der Waals surface area contributed by atoms with Gasteiger partial charge in [0.05, 0.1) is 5.60 Å². The minimum atomic E-state index is -1.11. The van der Waals surface area contributed by atoms with Crippen LogP contribution in [0.5, 0.6) is 0 Å². The van der Waals surface area contributed by atoms with Crippen LogP contribution in [-0.2, 0) is 6.42 Å². The van der Waals surface area contributed by atoms with E-state index in [1.165, 1.54) is 0 Å². The second-order valence-corrected chi connectivity index (χ2v) is 3.85. The third kappa shape index (κ3) is 1.98. The normalized spacial score (nSPS) is 18.7. The van der Waals surface area contributed by atoms with Gasteiger partial charge in [0.15, 0.2) is 0 Å². The molecule has 0 unspecified atom stereocenters. The first-order valence-electron chi connectivity index (χ1n) is 4.57. The standard InChI is InChI=1S/C10H10F3NO/c11-6-1-8(12)7(9(13)2-6)3-10(15)4-14-5-10/h1-2,14-15H,3-5H2. The lowest BCUT2D eigenvalue weighted by molar-refractivity contribution is -0.0104. The summed E-state index contributed by atoms with van der Waals surface area (Å²) in [5.74, 6) is -2.85. The van der Waals surface area contributed by atoms with Crippen molar-refractivity contribution in [1.29, 1.82) is 0 Å². The molecule has 82 valence electrons. The summed E-state index contributed by atoms with van der Waals surface area (Å²) >= 11 is 0. The molecule has 0 amide bonds. The maximum absolute atomic E-state index is 13.2. The van der Waals surface area contributed by atoms with Crippen LogP contribution < -0.4 is 5.32 Å². The van der Waals surface area contributed by atoms with Gasteiger partial charge < -0.3 is 10.4 Å². The molecule has 2 N–H and O–H groups in total. The Morgan fingerprint density at radius 3 is 2.13 bits per heavy atom. The molecule has 2 nitrogen and oxygen atoms in total. The molecular formula is C10H10F3NO. The zero-order valence-electron chi connectivity index (χ0n) is 7.86. The molecule has 15 heavy (non-hydrogen) atoms. The smallest absolute Gasteiger partial charge is 0.132 e. The number of nitrogens with one attached hydrogen (secondary N) is 1. The Morgan fingerprint density at radius 1 is 1.20 bits per heavy atom. The molecule has 1 saturated heterocycles. The minimum absolute atomic E-state index is 0.141. The maximum atomic E-state index is 13.2. The summed E-state index contributed by atoms with van der Waals surface area (Å²) < 4.78 is 39.0. The number of β-amino-alcohol motifs (C(OH)–C–C–N with tert-alkyl or cyclic N) is 1. The minimum Gasteiger partial charge on any atom is -0.387 e. The van der Waals surface area contributed by atoms with Gasteiger partial charge in [-0.2, -0.15) is 0 Å². The Labute approximate surface area is 84.7 Å². The molecule has 0 spiro atoms. The van der Waals surface area contributed by atoms with Crippen LogP contribution in [0.15, 0.2) is 12.1 Å². The predicted octanol–water partition coefficient (Wildman–Crippen LogP) is 0.981. The van der Waals surface area contributed by atoms with Gasteiger partial charge in [-0.15, -0.1) is 0 Å². The first kappa shape index (κ1) is 10.4. The Bertz CT molecular complexity index is 367. The van der Waals surface area contributed by atoms with E-state index in [4.69, 9.17) is 0 Å². The Balaban J connectivity index is 2.28. The first-order chi connectivity index (χ1) is 7.00. The molecule has 1 aromatic carbocycles. The molecule has 1 heterocycles. The fourth-order valence-electron chi connectivity index (χ4n) is 1.61. The number of hydrogen-bond donors (Lipinski definition) is 2. The van der Waals surface area contributed by atoms with Crippen molar-refractivity contribution in [3.63, 3.8) is 0 Å². The average molecular weight is 217 g/mol. The van der Waals surface area contributed by atoms with Crippen molar-refractivity contribution in [1.82, 2.24) is 5.32 Å². The van der Waals surface area contributed by atoms with Gasteiger partial charge in [-0.3, -0.25) is 0 Å². The number of hydrogen-bond acceptors (Lipinski definition) is 2. The van der Waals surface area contributed by atoms with Gasteiger partial charge in [0.1, 0.15) is 17.5 Å². The molecule has 1 aliphatic rings.